The first-order valence-corrected chi connectivity index (χ1v) is 6.68. The predicted octanol–water partition coefficient (Wildman–Crippen LogP) is 3.06. The second kappa shape index (κ2) is 5.91. The molecule has 5 heteroatoms. The molecule has 1 aromatic heterocycles. The molecule has 0 spiro atoms. The van der Waals surface area contributed by atoms with Gasteiger partial charge in [0.25, 0.3) is 0 Å². The van der Waals surface area contributed by atoms with Crippen molar-refractivity contribution >= 4 is 21.7 Å². The monoisotopic (exact) mass is 309 g/mol. The van der Waals surface area contributed by atoms with Crippen LogP contribution in [-0.4, -0.2) is 16.4 Å². The average molecular weight is 310 g/mol. The van der Waals surface area contributed by atoms with Crippen molar-refractivity contribution in [3.8, 4) is 5.75 Å². The molecule has 0 aliphatic carbocycles. The van der Waals surface area contributed by atoms with Crippen molar-refractivity contribution in [3.63, 3.8) is 0 Å². The van der Waals surface area contributed by atoms with E-state index >= 15 is 0 Å². The highest BCUT2D eigenvalue weighted by molar-refractivity contribution is 9.10. The van der Waals surface area contributed by atoms with Crippen LogP contribution in [0.3, 0.4) is 0 Å². The van der Waals surface area contributed by atoms with Gasteiger partial charge in [-0.25, -0.2) is 4.68 Å². The van der Waals surface area contributed by atoms with Gasteiger partial charge < -0.3 is 10.5 Å². The van der Waals surface area contributed by atoms with E-state index in [-0.39, 0.29) is 0 Å². The Morgan fingerprint density at radius 1 is 1.44 bits per heavy atom. The van der Waals surface area contributed by atoms with Crippen molar-refractivity contribution < 1.29 is 4.74 Å². The summed E-state index contributed by atoms with van der Waals surface area (Å²) in [5.74, 6) is 1.52. The molecule has 1 aromatic carbocycles. The average Bonchev–Trinajstić information content (AvgIpc) is 2.69. The largest absolute Gasteiger partial charge is 0.494 e. The Hall–Kier alpha value is -1.49. The van der Waals surface area contributed by atoms with Gasteiger partial charge >= 0.3 is 0 Å². The Morgan fingerprint density at radius 2 is 2.28 bits per heavy atom. The van der Waals surface area contributed by atoms with E-state index in [4.69, 9.17) is 10.5 Å². The highest BCUT2D eigenvalue weighted by atomic mass is 79.9. The molecule has 0 bridgehead atoms. The number of halogens is 1. The van der Waals surface area contributed by atoms with E-state index in [9.17, 15) is 0 Å². The molecule has 4 nitrogen and oxygen atoms in total. The Kier molecular flexibility index (Phi) is 4.25. The molecule has 0 radical (unpaired) electrons. The zero-order valence-corrected chi connectivity index (χ0v) is 11.9. The van der Waals surface area contributed by atoms with Gasteiger partial charge in [0.1, 0.15) is 11.6 Å². The molecule has 0 unspecified atom stereocenters. The summed E-state index contributed by atoms with van der Waals surface area (Å²) in [5.41, 5.74) is 7.01. The van der Waals surface area contributed by atoms with Crippen molar-refractivity contribution in [3.05, 3.63) is 40.5 Å². The van der Waals surface area contributed by atoms with Crippen molar-refractivity contribution in [1.82, 2.24) is 9.78 Å². The van der Waals surface area contributed by atoms with Crippen LogP contribution < -0.4 is 10.5 Å². The predicted molar refractivity (Wildman–Crippen MR) is 75.7 cm³/mol. The zero-order chi connectivity index (χ0) is 13.0. The van der Waals surface area contributed by atoms with Crippen LogP contribution in [0.25, 0.3) is 0 Å². The molecule has 96 valence electrons. The van der Waals surface area contributed by atoms with Crippen molar-refractivity contribution in [2.24, 2.45) is 0 Å². The van der Waals surface area contributed by atoms with Crippen LogP contribution in [0.15, 0.2) is 34.9 Å². The van der Waals surface area contributed by atoms with Gasteiger partial charge in [-0.2, -0.15) is 5.10 Å². The topological polar surface area (TPSA) is 53.1 Å². The van der Waals surface area contributed by atoms with Gasteiger partial charge in [-0.1, -0.05) is 19.1 Å². The molecule has 0 saturated heterocycles. The fourth-order valence-corrected chi connectivity index (χ4v) is 1.92. The summed E-state index contributed by atoms with van der Waals surface area (Å²) in [4.78, 5) is 0. The zero-order valence-electron chi connectivity index (χ0n) is 10.3. The summed E-state index contributed by atoms with van der Waals surface area (Å²) < 4.78 is 8.17. The number of hydrogen-bond acceptors (Lipinski definition) is 3. The standard InChI is InChI=1S/C13H16BrN3O/c1-2-6-18-11-5-3-4-10(7-11)9-17-13(15)12(14)8-16-17/h3-5,7-8H,2,6,9,15H2,1H3. The summed E-state index contributed by atoms with van der Waals surface area (Å²) in [5, 5.41) is 4.21. The Balaban J connectivity index is 2.11. The molecule has 1 heterocycles. The summed E-state index contributed by atoms with van der Waals surface area (Å²) in [7, 11) is 0. The second-order valence-electron chi connectivity index (χ2n) is 4.03. The van der Waals surface area contributed by atoms with E-state index in [1.54, 1.807) is 10.9 Å². The van der Waals surface area contributed by atoms with Gasteiger partial charge in [-0.15, -0.1) is 0 Å². The van der Waals surface area contributed by atoms with E-state index in [2.05, 4.69) is 28.0 Å². The van der Waals surface area contributed by atoms with Crippen molar-refractivity contribution in [2.45, 2.75) is 19.9 Å². The Labute approximate surface area is 115 Å². The first-order chi connectivity index (χ1) is 8.70. The fourth-order valence-electron chi connectivity index (χ4n) is 1.62. The van der Waals surface area contributed by atoms with Crippen LogP contribution in [0.4, 0.5) is 5.82 Å². The number of anilines is 1. The van der Waals surface area contributed by atoms with E-state index in [1.165, 1.54) is 0 Å². The summed E-state index contributed by atoms with van der Waals surface area (Å²) >= 11 is 3.35. The second-order valence-corrected chi connectivity index (χ2v) is 4.89. The molecule has 2 N–H and O–H groups in total. The van der Waals surface area contributed by atoms with Crippen LogP contribution in [-0.2, 0) is 6.54 Å². The number of aromatic nitrogens is 2. The molecular weight excluding hydrogens is 294 g/mol. The lowest BCUT2D eigenvalue weighted by molar-refractivity contribution is 0.317. The molecule has 0 fully saturated rings. The lowest BCUT2D eigenvalue weighted by Gasteiger charge is -2.08. The van der Waals surface area contributed by atoms with Gasteiger partial charge in [-0.05, 0) is 40.0 Å². The van der Waals surface area contributed by atoms with E-state index in [0.29, 0.717) is 12.4 Å². The lowest BCUT2D eigenvalue weighted by Crippen LogP contribution is -2.06. The normalized spacial score (nSPS) is 10.6. The minimum atomic E-state index is 0.634. The summed E-state index contributed by atoms with van der Waals surface area (Å²) in [6.07, 6.45) is 2.70. The fraction of sp³-hybridized carbons (Fsp3) is 0.308. The number of benzene rings is 1. The Morgan fingerprint density at radius 3 is 2.94 bits per heavy atom. The molecule has 0 aliphatic heterocycles. The quantitative estimate of drug-likeness (QED) is 0.923. The third kappa shape index (κ3) is 3.04. The van der Waals surface area contributed by atoms with Crippen LogP contribution in [0.2, 0.25) is 0 Å². The van der Waals surface area contributed by atoms with Gasteiger partial charge in [-0.3, -0.25) is 0 Å². The molecule has 2 aromatic rings. The third-order valence-electron chi connectivity index (χ3n) is 2.54. The molecule has 0 saturated carbocycles. The summed E-state index contributed by atoms with van der Waals surface area (Å²) in [6, 6.07) is 8.00. The van der Waals surface area contributed by atoms with E-state index in [1.807, 2.05) is 24.3 Å². The van der Waals surface area contributed by atoms with Gasteiger partial charge in [0.15, 0.2) is 0 Å². The molecular formula is C13H16BrN3O. The number of rotatable bonds is 5. The maximum Gasteiger partial charge on any atom is 0.136 e. The van der Waals surface area contributed by atoms with Crippen molar-refractivity contribution in [1.29, 1.82) is 0 Å². The van der Waals surface area contributed by atoms with Gasteiger partial charge in [0.2, 0.25) is 0 Å². The maximum atomic E-state index is 5.89. The first-order valence-electron chi connectivity index (χ1n) is 5.89. The van der Waals surface area contributed by atoms with E-state index < -0.39 is 0 Å². The highest BCUT2D eigenvalue weighted by Gasteiger charge is 2.05. The highest BCUT2D eigenvalue weighted by Crippen LogP contribution is 2.20. The van der Waals surface area contributed by atoms with Crippen LogP contribution in [0.5, 0.6) is 5.75 Å². The van der Waals surface area contributed by atoms with Crippen LogP contribution >= 0.6 is 15.9 Å². The maximum absolute atomic E-state index is 5.89. The Bertz CT molecular complexity index is 525. The number of nitrogens with two attached hydrogens (primary N) is 1. The summed E-state index contributed by atoms with van der Waals surface area (Å²) in [6.45, 7) is 3.46. The van der Waals surface area contributed by atoms with E-state index in [0.717, 1.165) is 28.8 Å². The smallest absolute Gasteiger partial charge is 0.136 e. The third-order valence-corrected chi connectivity index (χ3v) is 3.15. The molecule has 0 aliphatic rings. The number of hydrogen-bond donors (Lipinski definition) is 1. The molecule has 0 amide bonds. The minimum Gasteiger partial charge on any atom is -0.494 e. The van der Waals surface area contributed by atoms with Crippen LogP contribution in [0, 0.1) is 0 Å². The van der Waals surface area contributed by atoms with Gasteiger partial charge in [0.05, 0.1) is 23.8 Å². The number of nitrogen functional groups attached to an aromatic ring is 1. The van der Waals surface area contributed by atoms with Crippen molar-refractivity contribution in [2.75, 3.05) is 12.3 Å². The minimum absolute atomic E-state index is 0.634. The lowest BCUT2D eigenvalue weighted by atomic mass is 10.2. The first kappa shape index (κ1) is 13.0. The number of nitrogens with zero attached hydrogens (tertiary/aromatic N) is 2. The van der Waals surface area contributed by atoms with Gasteiger partial charge in [0, 0.05) is 0 Å². The SMILES string of the molecule is CCCOc1cccc(Cn2ncc(Br)c2N)c1. The molecule has 0 atom stereocenters. The van der Waals surface area contributed by atoms with Crippen LogP contribution in [0.1, 0.15) is 18.9 Å². The number of ether oxygens (including phenoxy) is 1. The molecule has 18 heavy (non-hydrogen) atoms. The molecule has 2 rings (SSSR count).